The van der Waals surface area contributed by atoms with Gasteiger partial charge in [0.1, 0.15) is 0 Å². The molecular weight excluding hydrogens is 228 g/mol. The number of aliphatic hydroxyl groups excluding tert-OH is 1. The molecule has 0 saturated heterocycles. The van der Waals surface area contributed by atoms with Crippen LogP contribution in [-0.2, 0) is 9.53 Å². The highest BCUT2D eigenvalue weighted by atomic mass is 16.5. The average molecular weight is 246 g/mol. The fraction of sp³-hybridized carbons (Fsp3) is 0.267. The quantitative estimate of drug-likeness (QED) is 0.348. The lowest BCUT2D eigenvalue weighted by atomic mass is 10.2. The number of benzene rings is 1. The average Bonchev–Trinajstić information content (AvgIpc) is 2.42. The zero-order chi connectivity index (χ0) is 13.2. The predicted octanol–water partition coefficient (Wildman–Crippen LogP) is 2.57. The number of ether oxygens (including phenoxy) is 1. The number of hydrogen-bond donors (Lipinski definition) is 1. The second kappa shape index (κ2) is 8.25. The van der Waals surface area contributed by atoms with Gasteiger partial charge in [-0.15, -0.1) is 0 Å². The van der Waals surface area contributed by atoms with Crippen LogP contribution in [0, 0.1) is 0 Å². The van der Waals surface area contributed by atoms with E-state index in [9.17, 15) is 4.79 Å². The van der Waals surface area contributed by atoms with Gasteiger partial charge < -0.3 is 9.84 Å². The monoisotopic (exact) mass is 246 g/mol. The Kier molecular flexibility index (Phi) is 6.51. The van der Waals surface area contributed by atoms with E-state index < -0.39 is 5.97 Å². The van der Waals surface area contributed by atoms with Gasteiger partial charge in [-0.3, -0.25) is 0 Å². The molecule has 96 valence electrons. The summed E-state index contributed by atoms with van der Waals surface area (Å²) in [7, 11) is 0. The summed E-state index contributed by atoms with van der Waals surface area (Å²) >= 11 is 0. The first-order chi connectivity index (χ1) is 8.74. The number of aliphatic hydroxyl groups is 1. The third-order valence-electron chi connectivity index (χ3n) is 2.32. The Balaban J connectivity index is 2.36. The number of rotatable bonds is 7. The van der Waals surface area contributed by atoms with Crippen LogP contribution in [0.15, 0.2) is 48.6 Å². The van der Waals surface area contributed by atoms with Crippen LogP contribution in [0.4, 0.5) is 0 Å². The van der Waals surface area contributed by atoms with E-state index in [1.807, 2.05) is 36.4 Å². The second-order valence-corrected chi connectivity index (χ2v) is 3.84. The van der Waals surface area contributed by atoms with Gasteiger partial charge in [-0.2, -0.15) is 0 Å². The zero-order valence-electron chi connectivity index (χ0n) is 10.3. The highest BCUT2D eigenvalue weighted by Gasteiger charge is 2.04. The normalized spacial score (nSPS) is 10.5. The first-order valence-corrected chi connectivity index (χ1v) is 5.94. The lowest BCUT2D eigenvalue weighted by molar-refractivity contribution is -0.138. The second-order valence-electron chi connectivity index (χ2n) is 3.84. The molecule has 0 radical (unpaired) electrons. The van der Waals surface area contributed by atoms with Gasteiger partial charge in [-0.25, -0.2) is 4.79 Å². The molecule has 0 unspecified atom stereocenters. The van der Waals surface area contributed by atoms with E-state index in [0.29, 0.717) is 25.0 Å². The molecule has 3 nitrogen and oxygen atoms in total. The van der Waals surface area contributed by atoms with Gasteiger partial charge in [-0.1, -0.05) is 43.0 Å². The SMILES string of the molecule is C=C(C=Cc1ccccc1)C(=O)OCCCCO. The Labute approximate surface area is 107 Å². The maximum atomic E-state index is 11.5. The molecule has 18 heavy (non-hydrogen) atoms. The number of carbonyl (C=O) groups excluding carboxylic acids is 1. The summed E-state index contributed by atoms with van der Waals surface area (Å²) in [6.45, 7) is 4.09. The largest absolute Gasteiger partial charge is 0.462 e. The molecule has 3 heteroatoms. The minimum absolute atomic E-state index is 0.117. The van der Waals surface area contributed by atoms with Crippen molar-refractivity contribution >= 4 is 12.0 Å². The number of esters is 1. The van der Waals surface area contributed by atoms with E-state index in [2.05, 4.69) is 6.58 Å². The molecule has 0 amide bonds. The lowest BCUT2D eigenvalue weighted by Crippen LogP contribution is -2.07. The fourth-order valence-electron chi connectivity index (χ4n) is 1.30. The maximum absolute atomic E-state index is 11.5. The van der Waals surface area contributed by atoms with Crippen LogP contribution >= 0.6 is 0 Å². The Hall–Kier alpha value is -1.87. The van der Waals surface area contributed by atoms with Gasteiger partial charge in [0.05, 0.1) is 12.2 Å². The molecule has 0 aliphatic heterocycles. The molecule has 0 fully saturated rings. The van der Waals surface area contributed by atoms with Crippen LogP contribution in [0.1, 0.15) is 18.4 Å². The topological polar surface area (TPSA) is 46.5 Å². The molecule has 0 heterocycles. The summed E-state index contributed by atoms with van der Waals surface area (Å²) in [5, 5.41) is 8.58. The van der Waals surface area contributed by atoms with Crippen molar-refractivity contribution in [1.29, 1.82) is 0 Å². The van der Waals surface area contributed by atoms with Crippen molar-refractivity contribution in [1.82, 2.24) is 0 Å². The van der Waals surface area contributed by atoms with E-state index in [1.165, 1.54) is 0 Å². The van der Waals surface area contributed by atoms with Crippen LogP contribution < -0.4 is 0 Å². The van der Waals surface area contributed by atoms with Crippen molar-refractivity contribution in [3.8, 4) is 0 Å². The first-order valence-electron chi connectivity index (χ1n) is 5.94. The molecule has 0 aliphatic carbocycles. The lowest BCUT2D eigenvalue weighted by Gasteiger charge is -2.03. The van der Waals surface area contributed by atoms with Crippen molar-refractivity contribution in [3.05, 3.63) is 54.1 Å². The van der Waals surface area contributed by atoms with Crippen molar-refractivity contribution in [3.63, 3.8) is 0 Å². The van der Waals surface area contributed by atoms with Crippen molar-refractivity contribution in [2.24, 2.45) is 0 Å². The van der Waals surface area contributed by atoms with E-state index in [0.717, 1.165) is 5.56 Å². The first kappa shape index (κ1) is 14.2. The highest BCUT2D eigenvalue weighted by Crippen LogP contribution is 2.05. The number of unbranched alkanes of at least 4 members (excludes halogenated alkanes) is 1. The molecule has 1 rings (SSSR count). The molecule has 1 aromatic carbocycles. The minimum atomic E-state index is -0.417. The van der Waals surface area contributed by atoms with Crippen LogP contribution in [0.2, 0.25) is 0 Å². The van der Waals surface area contributed by atoms with Crippen molar-refractivity contribution < 1.29 is 14.6 Å². The van der Waals surface area contributed by atoms with E-state index in [1.54, 1.807) is 6.08 Å². The molecule has 0 spiro atoms. The molecule has 1 aromatic rings. The summed E-state index contributed by atoms with van der Waals surface area (Å²) in [6, 6.07) is 9.67. The van der Waals surface area contributed by atoms with E-state index in [-0.39, 0.29) is 6.61 Å². The van der Waals surface area contributed by atoms with Gasteiger partial charge in [-0.05, 0) is 24.5 Å². The third-order valence-corrected chi connectivity index (χ3v) is 2.32. The molecule has 0 saturated carbocycles. The third kappa shape index (κ3) is 5.46. The smallest absolute Gasteiger partial charge is 0.337 e. The summed E-state index contributed by atoms with van der Waals surface area (Å²) in [5.41, 5.74) is 1.33. The predicted molar refractivity (Wildman–Crippen MR) is 71.9 cm³/mol. The van der Waals surface area contributed by atoms with Crippen LogP contribution in [-0.4, -0.2) is 24.3 Å². The minimum Gasteiger partial charge on any atom is -0.462 e. The zero-order valence-corrected chi connectivity index (χ0v) is 10.3. The van der Waals surface area contributed by atoms with Crippen LogP contribution in [0.25, 0.3) is 6.08 Å². The molecule has 0 atom stereocenters. The molecule has 0 bridgehead atoms. The van der Waals surface area contributed by atoms with Crippen molar-refractivity contribution in [2.45, 2.75) is 12.8 Å². The van der Waals surface area contributed by atoms with Crippen molar-refractivity contribution in [2.75, 3.05) is 13.2 Å². The fourth-order valence-corrected chi connectivity index (χ4v) is 1.30. The molecule has 1 N–H and O–H groups in total. The number of hydrogen-bond acceptors (Lipinski definition) is 3. The van der Waals surface area contributed by atoms with Crippen LogP contribution in [0.5, 0.6) is 0 Å². The van der Waals surface area contributed by atoms with E-state index >= 15 is 0 Å². The van der Waals surface area contributed by atoms with E-state index in [4.69, 9.17) is 9.84 Å². The molecule has 0 aromatic heterocycles. The van der Waals surface area contributed by atoms with Gasteiger partial charge in [0.2, 0.25) is 0 Å². The summed E-state index contributed by atoms with van der Waals surface area (Å²) in [4.78, 5) is 11.5. The standard InChI is InChI=1S/C15H18O3/c1-13(15(17)18-12-6-5-11-16)9-10-14-7-3-2-4-8-14/h2-4,7-10,16H,1,5-6,11-12H2. The maximum Gasteiger partial charge on any atom is 0.337 e. The molecule has 0 aliphatic rings. The highest BCUT2D eigenvalue weighted by molar-refractivity contribution is 5.92. The van der Waals surface area contributed by atoms with Gasteiger partial charge >= 0.3 is 5.97 Å². The number of carbonyl (C=O) groups is 1. The summed E-state index contributed by atoms with van der Waals surface area (Å²) in [5.74, 6) is -0.417. The Morgan fingerprint density at radius 3 is 2.67 bits per heavy atom. The molecular formula is C15H18O3. The van der Waals surface area contributed by atoms with Gasteiger partial charge in [0.25, 0.3) is 0 Å². The van der Waals surface area contributed by atoms with Gasteiger partial charge in [0, 0.05) is 6.61 Å². The summed E-state index contributed by atoms with van der Waals surface area (Å²) in [6.07, 6.45) is 4.76. The van der Waals surface area contributed by atoms with Crippen LogP contribution in [0.3, 0.4) is 0 Å². The summed E-state index contributed by atoms with van der Waals surface area (Å²) < 4.78 is 4.99. The Morgan fingerprint density at radius 1 is 1.28 bits per heavy atom. The Bertz CT molecular complexity index is 407. The Morgan fingerprint density at radius 2 is 2.00 bits per heavy atom. The van der Waals surface area contributed by atoms with Gasteiger partial charge in [0.15, 0.2) is 0 Å².